The number of ether oxygens (including phenoxy) is 1. The summed E-state index contributed by atoms with van der Waals surface area (Å²) in [4.78, 5) is 28.4. The second-order valence-electron chi connectivity index (χ2n) is 7.70. The Morgan fingerprint density at radius 1 is 1.03 bits per heavy atom. The zero-order valence-corrected chi connectivity index (χ0v) is 17.8. The van der Waals surface area contributed by atoms with E-state index in [1.165, 1.54) is 4.68 Å². The van der Waals surface area contributed by atoms with Crippen LogP contribution in [-0.2, 0) is 11.3 Å². The first-order chi connectivity index (χ1) is 15.2. The minimum absolute atomic E-state index is 0.156. The van der Waals surface area contributed by atoms with Gasteiger partial charge < -0.3 is 15.0 Å². The summed E-state index contributed by atoms with van der Waals surface area (Å²) in [6.07, 6.45) is 2.91. The second kappa shape index (κ2) is 9.75. The van der Waals surface area contributed by atoms with Crippen molar-refractivity contribution in [1.82, 2.24) is 9.78 Å². The number of anilines is 2. The van der Waals surface area contributed by atoms with Crippen LogP contribution in [0.3, 0.4) is 0 Å². The molecule has 0 unspecified atom stereocenters. The van der Waals surface area contributed by atoms with E-state index in [4.69, 9.17) is 4.74 Å². The first-order valence-corrected chi connectivity index (χ1v) is 10.9. The fourth-order valence-electron chi connectivity index (χ4n) is 3.91. The number of para-hydroxylation sites is 2. The average Bonchev–Trinajstić information content (AvgIpc) is 2.81. The number of nitrogens with one attached hydrogen (secondary N) is 1. The number of rotatable bonds is 7. The minimum atomic E-state index is -0.318. The van der Waals surface area contributed by atoms with Crippen molar-refractivity contribution in [3.63, 3.8) is 0 Å². The van der Waals surface area contributed by atoms with Crippen molar-refractivity contribution in [1.29, 1.82) is 0 Å². The van der Waals surface area contributed by atoms with E-state index in [1.54, 1.807) is 12.1 Å². The normalized spacial score (nSPS) is 14.0. The first-order valence-electron chi connectivity index (χ1n) is 10.9. The first kappa shape index (κ1) is 21.1. The highest BCUT2D eigenvalue weighted by Crippen LogP contribution is 2.27. The second-order valence-corrected chi connectivity index (χ2v) is 7.70. The number of hydrogen-bond acceptors (Lipinski definition) is 5. The molecular weight excluding hydrogens is 392 g/mol. The van der Waals surface area contributed by atoms with Crippen LogP contribution in [0, 0.1) is 0 Å². The van der Waals surface area contributed by atoms with Crippen LogP contribution in [0.2, 0.25) is 0 Å². The number of fused-ring (bicyclic) bond motifs is 1. The molecule has 7 heteroatoms. The number of morpholine rings is 1. The highest BCUT2D eigenvalue weighted by Gasteiger charge is 2.20. The lowest BCUT2D eigenvalue weighted by Crippen LogP contribution is -2.36. The van der Waals surface area contributed by atoms with E-state index in [-0.39, 0.29) is 17.2 Å². The molecule has 0 radical (unpaired) electrons. The average molecular weight is 421 g/mol. The van der Waals surface area contributed by atoms with E-state index in [2.05, 4.69) is 22.2 Å². The molecule has 0 bridgehead atoms. The summed E-state index contributed by atoms with van der Waals surface area (Å²) in [5.41, 5.74) is 1.80. The summed E-state index contributed by atoms with van der Waals surface area (Å²) in [5.74, 6) is -0.318. The topological polar surface area (TPSA) is 76.5 Å². The highest BCUT2D eigenvalue weighted by atomic mass is 16.5. The fraction of sp³-hybridized carbons (Fsp3) is 0.375. The van der Waals surface area contributed by atoms with Gasteiger partial charge in [-0.3, -0.25) is 9.59 Å². The molecule has 1 saturated heterocycles. The van der Waals surface area contributed by atoms with Gasteiger partial charge in [0.15, 0.2) is 5.69 Å². The van der Waals surface area contributed by atoms with Crippen molar-refractivity contribution in [3.05, 3.63) is 64.6 Å². The van der Waals surface area contributed by atoms with Gasteiger partial charge in [0.1, 0.15) is 0 Å². The van der Waals surface area contributed by atoms with Crippen LogP contribution in [0.5, 0.6) is 0 Å². The number of carbonyl (C=O) groups is 1. The van der Waals surface area contributed by atoms with E-state index in [1.807, 2.05) is 36.4 Å². The van der Waals surface area contributed by atoms with Gasteiger partial charge in [-0.1, -0.05) is 50.1 Å². The van der Waals surface area contributed by atoms with E-state index in [9.17, 15) is 9.59 Å². The minimum Gasteiger partial charge on any atom is -0.378 e. The lowest BCUT2D eigenvalue weighted by Gasteiger charge is -2.30. The molecule has 1 aromatic heterocycles. The van der Waals surface area contributed by atoms with Crippen molar-refractivity contribution in [3.8, 4) is 0 Å². The summed E-state index contributed by atoms with van der Waals surface area (Å²) in [6.45, 7) is 5.49. The maximum absolute atomic E-state index is 13.3. The summed E-state index contributed by atoms with van der Waals surface area (Å²) in [5, 5.41) is 8.58. The van der Waals surface area contributed by atoms with Gasteiger partial charge in [0.25, 0.3) is 11.5 Å². The third-order valence-corrected chi connectivity index (χ3v) is 5.56. The molecule has 1 fully saturated rings. The molecule has 0 atom stereocenters. The Balaban J connectivity index is 1.68. The molecule has 7 nitrogen and oxygen atoms in total. The fourth-order valence-corrected chi connectivity index (χ4v) is 3.91. The lowest BCUT2D eigenvalue weighted by molar-refractivity contribution is 0.102. The molecule has 162 valence electrons. The molecule has 1 N–H and O–H groups in total. The van der Waals surface area contributed by atoms with Crippen LogP contribution in [0.1, 0.15) is 36.7 Å². The van der Waals surface area contributed by atoms with Crippen LogP contribution < -0.4 is 15.8 Å². The van der Waals surface area contributed by atoms with Crippen LogP contribution in [0.25, 0.3) is 10.8 Å². The van der Waals surface area contributed by atoms with Crippen LogP contribution >= 0.6 is 0 Å². The van der Waals surface area contributed by atoms with Gasteiger partial charge in [0.05, 0.1) is 30.0 Å². The molecule has 1 aliphatic rings. The van der Waals surface area contributed by atoms with E-state index in [0.29, 0.717) is 30.5 Å². The van der Waals surface area contributed by atoms with Gasteiger partial charge in [0.2, 0.25) is 0 Å². The Kier molecular flexibility index (Phi) is 6.62. The Morgan fingerprint density at radius 3 is 2.52 bits per heavy atom. The number of benzene rings is 2. The third kappa shape index (κ3) is 4.61. The molecule has 0 saturated carbocycles. The van der Waals surface area contributed by atoms with Gasteiger partial charge in [-0.2, -0.15) is 5.10 Å². The molecule has 1 aliphatic heterocycles. The number of aromatic nitrogens is 2. The summed E-state index contributed by atoms with van der Waals surface area (Å²) >= 11 is 0. The standard InChI is InChI=1S/C24H28N4O3/c1-2-3-8-13-28-24(30)19-10-5-4-9-18(19)22(26-28)23(29)25-20-11-6-7-12-21(20)27-14-16-31-17-15-27/h4-7,9-12H,2-3,8,13-17H2,1H3,(H,25,29). The Bertz CT molecular complexity index is 1120. The number of unbranched alkanes of at least 4 members (excludes halogenated alkanes) is 2. The van der Waals surface area contributed by atoms with E-state index < -0.39 is 0 Å². The zero-order chi connectivity index (χ0) is 21.6. The molecule has 2 heterocycles. The molecule has 3 aromatic rings. The molecule has 31 heavy (non-hydrogen) atoms. The molecule has 2 aromatic carbocycles. The molecular formula is C24H28N4O3. The third-order valence-electron chi connectivity index (χ3n) is 5.56. The SMILES string of the molecule is CCCCCn1nc(C(=O)Nc2ccccc2N2CCOCC2)c2ccccc2c1=O. The zero-order valence-electron chi connectivity index (χ0n) is 17.8. The van der Waals surface area contributed by atoms with Crippen LogP contribution in [0.4, 0.5) is 11.4 Å². The van der Waals surface area contributed by atoms with Crippen molar-refractivity contribution in [2.24, 2.45) is 0 Å². The number of carbonyl (C=O) groups excluding carboxylic acids is 1. The van der Waals surface area contributed by atoms with E-state index in [0.717, 1.165) is 43.7 Å². The van der Waals surface area contributed by atoms with Gasteiger partial charge in [-0.05, 0) is 24.6 Å². The summed E-state index contributed by atoms with van der Waals surface area (Å²) < 4.78 is 6.88. The van der Waals surface area contributed by atoms with Crippen molar-refractivity contribution in [2.45, 2.75) is 32.7 Å². The van der Waals surface area contributed by atoms with Crippen LogP contribution in [-0.4, -0.2) is 42.0 Å². The maximum atomic E-state index is 13.3. The Labute approximate surface area is 181 Å². The van der Waals surface area contributed by atoms with Crippen molar-refractivity contribution in [2.75, 3.05) is 36.5 Å². The smallest absolute Gasteiger partial charge is 0.276 e. The van der Waals surface area contributed by atoms with E-state index >= 15 is 0 Å². The molecule has 0 spiro atoms. The summed E-state index contributed by atoms with van der Waals surface area (Å²) in [7, 11) is 0. The van der Waals surface area contributed by atoms with Crippen molar-refractivity contribution < 1.29 is 9.53 Å². The molecule has 1 amide bonds. The Hall–Kier alpha value is -3.19. The molecule has 4 rings (SSSR count). The largest absolute Gasteiger partial charge is 0.378 e. The summed E-state index contributed by atoms with van der Waals surface area (Å²) in [6, 6.07) is 14.9. The lowest BCUT2D eigenvalue weighted by atomic mass is 10.1. The predicted octanol–water partition coefficient (Wildman–Crippen LogP) is 3.68. The van der Waals surface area contributed by atoms with Crippen molar-refractivity contribution >= 4 is 28.1 Å². The van der Waals surface area contributed by atoms with Gasteiger partial charge in [-0.25, -0.2) is 4.68 Å². The van der Waals surface area contributed by atoms with Gasteiger partial charge in [0, 0.05) is 25.0 Å². The predicted molar refractivity (Wildman–Crippen MR) is 123 cm³/mol. The maximum Gasteiger partial charge on any atom is 0.276 e. The number of hydrogen-bond donors (Lipinski definition) is 1. The number of amides is 1. The van der Waals surface area contributed by atoms with Gasteiger partial charge >= 0.3 is 0 Å². The number of aryl methyl sites for hydroxylation is 1. The Morgan fingerprint density at radius 2 is 1.74 bits per heavy atom. The van der Waals surface area contributed by atoms with Crippen LogP contribution in [0.15, 0.2) is 53.3 Å². The molecule has 0 aliphatic carbocycles. The number of nitrogens with zero attached hydrogens (tertiary/aromatic N) is 3. The quantitative estimate of drug-likeness (QED) is 0.590. The van der Waals surface area contributed by atoms with Gasteiger partial charge in [-0.15, -0.1) is 0 Å². The monoisotopic (exact) mass is 420 g/mol. The highest BCUT2D eigenvalue weighted by molar-refractivity contribution is 6.12.